The lowest BCUT2D eigenvalue weighted by molar-refractivity contribution is 0.0962. The Bertz CT molecular complexity index is 626. The van der Waals surface area contributed by atoms with Gasteiger partial charge < -0.3 is 0 Å². The number of benzene rings is 2. The molecule has 0 spiro atoms. The highest BCUT2D eigenvalue weighted by Gasteiger charge is 2.06. The smallest absolute Gasteiger partial charge is 0.269 e. The van der Waals surface area contributed by atoms with Crippen LogP contribution in [-0.4, -0.2) is 12.2 Å². The minimum absolute atomic E-state index is 0.138. The van der Waals surface area contributed by atoms with E-state index in [0.717, 1.165) is 10.6 Å². The van der Waals surface area contributed by atoms with Crippen LogP contribution in [0.3, 0.4) is 0 Å². The van der Waals surface area contributed by atoms with E-state index in [4.69, 9.17) is 0 Å². The van der Waals surface area contributed by atoms with Gasteiger partial charge >= 0.3 is 0 Å². The first-order chi connectivity index (χ1) is 10.1. The highest BCUT2D eigenvalue weighted by atomic mass is 32.2. The van der Waals surface area contributed by atoms with Crippen molar-refractivity contribution in [3.8, 4) is 0 Å². The van der Waals surface area contributed by atoms with Crippen molar-refractivity contribution in [2.24, 2.45) is 0 Å². The normalized spacial score (nSPS) is 10.5. The lowest BCUT2D eigenvalue weighted by Crippen LogP contribution is -2.29. The molecule has 21 heavy (non-hydrogen) atoms. The molecule has 0 aliphatic rings. The Morgan fingerprint density at radius 2 is 1.86 bits per heavy atom. The molecule has 1 amide bonds. The van der Waals surface area contributed by atoms with Crippen LogP contribution in [0.25, 0.3) is 0 Å². The number of hydrazine groups is 1. The van der Waals surface area contributed by atoms with Crippen molar-refractivity contribution in [2.45, 2.75) is 24.7 Å². The molecule has 2 rings (SSSR count). The van der Waals surface area contributed by atoms with Crippen molar-refractivity contribution >= 4 is 23.4 Å². The largest absolute Gasteiger partial charge is 0.298 e. The van der Waals surface area contributed by atoms with Gasteiger partial charge in [0.05, 0.1) is 5.69 Å². The number of hydrogen-bond acceptors (Lipinski definition) is 3. The lowest BCUT2D eigenvalue weighted by atomic mass is 10.0. The summed E-state index contributed by atoms with van der Waals surface area (Å²) in [4.78, 5) is 13.2. The van der Waals surface area contributed by atoms with E-state index in [9.17, 15) is 4.79 Å². The molecule has 0 aliphatic carbocycles. The predicted octanol–water partition coefficient (Wildman–Crippen LogP) is 4.29. The number of hydrogen-bond donors (Lipinski definition) is 2. The molecule has 0 bridgehead atoms. The van der Waals surface area contributed by atoms with Crippen LogP contribution in [0, 0.1) is 0 Å². The van der Waals surface area contributed by atoms with E-state index in [1.54, 1.807) is 17.8 Å². The van der Waals surface area contributed by atoms with Crippen molar-refractivity contribution in [1.29, 1.82) is 0 Å². The Kier molecular flexibility index (Phi) is 5.28. The molecule has 0 saturated heterocycles. The summed E-state index contributed by atoms with van der Waals surface area (Å²) in [6, 6.07) is 15.6. The second kappa shape index (κ2) is 7.18. The summed E-state index contributed by atoms with van der Waals surface area (Å²) in [7, 11) is 0. The van der Waals surface area contributed by atoms with E-state index >= 15 is 0 Å². The van der Waals surface area contributed by atoms with Gasteiger partial charge in [-0.2, -0.15) is 0 Å². The predicted molar refractivity (Wildman–Crippen MR) is 89.8 cm³/mol. The molecule has 0 aromatic heterocycles. The molecule has 2 N–H and O–H groups in total. The molecule has 0 heterocycles. The fourth-order valence-electron chi connectivity index (χ4n) is 1.94. The van der Waals surface area contributed by atoms with Crippen LogP contribution in [0.5, 0.6) is 0 Å². The summed E-state index contributed by atoms with van der Waals surface area (Å²) < 4.78 is 0. The number of thioether (sulfide) groups is 1. The van der Waals surface area contributed by atoms with Gasteiger partial charge in [-0.3, -0.25) is 15.6 Å². The maximum Gasteiger partial charge on any atom is 0.269 e. The lowest BCUT2D eigenvalue weighted by Gasteiger charge is -2.11. The SMILES string of the molecule is CSc1cccc(C(=O)NNc2cccc(C(C)C)c2)c1. The van der Waals surface area contributed by atoms with E-state index < -0.39 is 0 Å². The molecule has 2 aromatic carbocycles. The molecule has 0 radical (unpaired) electrons. The zero-order chi connectivity index (χ0) is 15.2. The van der Waals surface area contributed by atoms with Crippen LogP contribution in [0.2, 0.25) is 0 Å². The number of carbonyl (C=O) groups is 1. The third-order valence-corrected chi connectivity index (χ3v) is 3.93. The van der Waals surface area contributed by atoms with Gasteiger partial charge in [-0.1, -0.05) is 32.0 Å². The fraction of sp³-hybridized carbons (Fsp3) is 0.235. The average molecular weight is 300 g/mol. The van der Waals surface area contributed by atoms with E-state index in [2.05, 4.69) is 30.8 Å². The first-order valence-corrected chi connectivity index (χ1v) is 8.13. The number of anilines is 1. The molecule has 0 aliphatic heterocycles. The Hall–Kier alpha value is -1.94. The van der Waals surface area contributed by atoms with Crippen LogP contribution in [0.4, 0.5) is 5.69 Å². The van der Waals surface area contributed by atoms with Crippen molar-refractivity contribution in [2.75, 3.05) is 11.7 Å². The molecule has 3 nitrogen and oxygen atoms in total. The molecule has 0 atom stereocenters. The molecule has 0 fully saturated rings. The van der Waals surface area contributed by atoms with Gasteiger partial charge in [-0.15, -0.1) is 11.8 Å². The number of rotatable bonds is 5. The summed E-state index contributed by atoms with van der Waals surface area (Å²) in [5.74, 6) is 0.321. The zero-order valence-corrected chi connectivity index (χ0v) is 13.3. The summed E-state index contributed by atoms with van der Waals surface area (Å²) in [5.41, 5.74) is 8.47. The molecule has 0 unspecified atom stereocenters. The minimum Gasteiger partial charge on any atom is -0.298 e. The fourth-order valence-corrected chi connectivity index (χ4v) is 2.40. The Morgan fingerprint density at radius 3 is 2.57 bits per heavy atom. The molecule has 2 aromatic rings. The van der Waals surface area contributed by atoms with Crippen molar-refractivity contribution in [3.05, 3.63) is 59.7 Å². The summed E-state index contributed by atoms with van der Waals surface area (Å²) >= 11 is 1.62. The van der Waals surface area contributed by atoms with E-state index in [1.165, 1.54) is 5.56 Å². The van der Waals surface area contributed by atoms with Gasteiger partial charge in [0, 0.05) is 10.5 Å². The molecular weight excluding hydrogens is 280 g/mol. The van der Waals surface area contributed by atoms with Crippen LogP contribution in [-0.2, 0) is 0 Å². The van der Waals surface area contributed by atoms with Gasteiger partial charge in [0.15, 0.2) is 0 Å². The maximum absolute atomic E-state index is 12.1. The third kappa shape index (κ3) is 4.26. The summed E-state index contributed by atoms with van der Waals surface area (Å²) in [6.45, 7) is 4.29. The first-order valence-electron chi connectivity index (χ1n) is 6.90. The van der Waals surface area contributed by atoms with Gasteiger partial charge in [-0.25, -0.2) is 0 Å². The second-order valence-corrected chi connectivity index (χ2v) is 5.97. The Labute approximate surface area is 130 Å². The van der Waals surface area contributed by atoms with Crippen LogP contribution in [0.15, 0.2) is 53.4 Å². The quantitative estimate of drug-likeness (QED) is 0.639. The van der Waals surface area contributed by atoms with Gasteiger partial charge in [-0.05, 0) is 48.1 Å². The maximum atomic E-state index is 12.1. The monoisotopic (exact) mass is 300 g/mol. The zero-order valence-electron chi connectivity index (χ0n) is 12.5. The topological polar surface area (TPSA) is 41.1 Å². The van der Waals surface area contributed by atoms with Crippen molar-refractivity contribution in [1.82, 2.24) is 5.43 Å². The number of amides is 1. The Morgan fingerprint density at radius 1 is 1.10 bits per heavy atom. The van der Waals surface area contributed by atoms with E-state index in [0.29, 0.717) is 11.5 Å². The standard InChI is InChI=1S/C17H20N2OS/c1-12(2)13-6-4-8-15(10-13)18-19-17(20)14-7-5-9-16(11-14)21-3/h4-12,18H,1-3H3,(H,19,20). The third-order valence-electron chi connectivity index (χ3n) is 3.21. The molecule has 110 valence electrons. The average Bonchev–Trinajstić information content (AvgIpc) is 2.53. The van der Waals surface area contributed by atoms with Crippen LogP contribution < -0.4 is 10.9 Å². The first kappa shape index (κ1) is 15.4. The highest BCUT2D eigenvalue weighted by Crippen LogP contribution is 2.18. The van der Waals surface area contributed by atoms with Gasteiger partial charge in [0.1, 0.15) is 0 Å². The molecule has 4 heteroatoms. The Balaban J connectivity index is 2.02. The number of carbonyl (C=O) groups excluding carboxylic acids is 1. The molecular formula is C17H20N2OS. The van der Waals surface area contributed by atoms with Gasteiger partial charge in [0.2, 0.25) is 0 Å². The van der Waals surface area contributed by atoms with E-state index in [-0.39, 0.29) is 5.91 Å². The minimum atomic E-state index is -0.138. The number of nitrogens with one attached hydrogen (secondary N) is 2. The van der Waals surface area contributed by atoms with Crippen LogP contribution in [0.1, 0.15) is 35.7 Å². The summed E-state index contributed by atoms with van der Waals surface area (Å²) in [6.07, 6.45) is 1.99. The van der Waals surface area contributed by atoms with Crippen LogP contribution >= 0.6 is 11.8 Å². The summed E-state index contributed by atoms with van der Waals surface area (Å²) in [5, 5.41) is 0. The van der Waals surface area contributed by atoms with Gasteiger partial charge in [0.25, 0.3) is 5.91 Å². The van der Waals surface area contributed by atoms with Crippen molar-refractivity contribution in [3.63, 3.8) is 0 Å². The van der Waals surface area contributed by atoms with E-state index in [1.807, 2.05) is 42.7 Å². The van der Waals surface area contributed by atoms with Crippen molar-refractivity contribution < 1.29 is 4.79 Å². The molecule has 0 saturated carbocycles. The second-order valence-electron chi connectivity index (χ2n) is 5.09. The highest BCUT2D eigenvalue weighted by molar-refractivity contribution is 7.98.